The molecule has 0 aliphatic carbocycles. The molecule has 0 unspecified atom stereocenters. The van der Waals surface area contributed by atoms with Gasteiger partial charge in [-0.05, 0) is 18.9 Å². The maximum atomic E-state index is 13.8. The fourth-order valence-electron chi connectivity index (χ4n) is 1.72. The van der Waals surface area contributed by atoms with Crippen LogP contribution in [0.3, 0.4) is 0 Å². The van der Waals surface area contributed by atoms with E-state index < -0.39 is 39.3 Å². The third-order valence-electron chi connectivity index (χ3n) is 3.47. The first-order chi connectivity index (χ1) is 9.74. The molecule has 3 N–H and O–H groups in total. The van der Waals surface area contributed by atoms with Crippen molar-refractivity contribution in [2.24, 2.45) is 5.73 Å². The number of nitrogens with one attached hydrogen (secondary N) is 1. The Morgan fingerprint density at radius 2 is 1.95 bits per heavy atom. The second-order valence-corrected chi connectivity index (χ2v) is 4.80. The van der Waals surface area contributed by atoms with Crippen LogP contribution >= 0.6 is 0 Å². The Balaban J connectivity index is 3.01. The number of carbonyl (C=O) groups excluding carboxylic acids is 1. The first-order valence-corrected chi connectivity index (χ1v) is 6.44. The van der Waals surface area contributed by atoms with E-state index in [9.17, 15) is 23.7 Å². The van der Waals surface area contributed by atoms with Crippen molar-refractivity contribution in [1.29, 1.82) is 0 Å². The molecule has 6 nitrogen and oxygen atoms in total. The number of amides is 1. The molecule has 0 bridgehead atoms. The Bertz CT molecular complexity index is 560. The van der Waals surface area contributed by atoms with Crippen molar-refractivity contribution in [3.63, 3.8) is 0 Å². The quantitative estimate of drug-likeness (QED) is 0.621. The van der Waals surface area contributed by atoms with Gasteiger partial charge >= 0.3 is 5.69 Å². The van der Waals surface area contributed by atoms with Crippen molar-refractivity contribution in [2.45, 2.75) is 32.2 Å². The van der Waals surface area contributed by atoms with E-state index in [-0.39, 0.29) is 6.54 Å². The fourth-order valence-corrected chi connectivity index (χ4v) is 1.72. The van der Waals surface area contributed by atoms with Gasteiger partial charge < -0.3 is 11.1 Å². The lowest BCUT2D eigenvalue weighted by Crippen LogP contribution is -2.49. The lowest BCUT2D eigenvalue weighted by Gasteiger charge is -2.26. The fraction of sp³-hybridized carbons (Fsp3) is 0.462. The van der Waals surface area contributed by atoms with E-state index in [2.05, 4.69) is 5.32 Å². The lowest BCUT2D eigenvalue weighted by atomic mass is 9.94. The van der Waals surface area contributed by atoms with Crippen LogP contribution in [-0.4, -0.2) is 22.9 Å². The van der Waals surface area contributed by atoms with Gasteiger partial charge in [0, 0.05) is 12.1 Å². The van der Waals surface area contributed by atoms with Crippen LogP contribution in [0.15, 0.2) is 12.1 Å². The minimum atomic E-state index is -1.37. The van der Waals surface area contributed by atoms with Crippen molar-refractivity contribution in [1.82, 2.24) is 5.32 Å². The van der Waals surface area contributed by atoms with E-state index in [0.717, 1.165) is 0 Å². The Morgan fingerprint density at radius 3 is 2.43 bits per heavy atom. The summed E-state index contributed by atoms with van der Waals surface area (Å²) in [5.74, 6) is -3.36. The summed E-state index contributed by atoms with van der Waals surface area (Å²) < 4.78 is 27.1. The first kappa shape index (κ1) is 17.0. The van der Waals surface area contributed by atoms with Gasteiger partial charge in [-0.2, -0.15) is 4.39 Å². The standard InChI is InChI=1S/C13H17F2N3O3/c1-3-13(16,4-2)7-17-12(19)9-5-8(14)6-10(11(9)15)18(20)21/h5-6H,3-4,7,16H2,1-2H3,(H,17,19). The smallest absolute Gasteiger partial charge is 0.308 e. The topological polar surface area (TPSA) is 98.3 Å². The van der Waals surface area contributed by atoms with Gasteiger partial charge in [-0.3, -0.25) is 14.9 Å². The van der Waals surface area contributed by atoms with Crippen LogP contribution in [0.4, 0.5) is 14.5 Å². The number of carbonyl (C=O) groups is 1. The van der Waals surface area contributed by atoms with Gasteiger partial charge in [0.15, 0.2) is 0 Å². The minimum absolute atomic E-state index is 0.0581. The summed E-state index contributed by atoms with van der Waals surface area (Å²) in [6.07, 6.45) is 1.16. The van der Waals surface area contributed by atoms with Gasteiger partial charge in [0.05, 0.1) is 16.6 Å². The highest BCUT2D eigenvalue weighted by molar-refractivity contribution is 5.95. The van der Waals surface area contributed by atoms with Crippen molar-refractivity contribution >= 4 is 11.6 Å². The van der Waals surface area contributed by atoms with E-state index in [4.69, 9.17) is 5.73 Å². The second-order valence-electron chi connectivity index (χ2n) is 4.80. The predicted octanol–water partition coefficient (Wildman–Crippen LogP) is 2.12. The predicted molar refractivity (Wildman–Crippen MR) is 72.8 cm³/mol. The highest BCUT2D eigenvalue weighted by Crippen LogP contribution is 2.22. The zero-order chi connectivity index (χ0) is 16.2. The number of nitrogens with two attached hydrogens (primary N) is 1. The third-order valence-corrected chi connectivity index (χ3v) is 3.47. The number of nitrogens with zero attached hydrogens (tertiary/aromatic N) is 1. The molecule has 1 rings (SSSR count). The number of halogens is 2. The van der Waals surface area contributed by atoms with Crippen molar-refractivity contribution < 1.29 is 18.5 Å². The van der Waals surface area contributed by atoms with Gasteiger partial charge in [-0.15, -0.1) is 0 Å². The van der Waals surface area contributed by atoms with Crippen LogP contribution in [0, 0.1) is 21.7 Å². The molecule has 0 atom stereocenters. The molecule has 116 valence electrons. The summed E-state index contributed by atoms with van der Waals surface area (Å²) in [5, 5.41) is 13.0. The largest absolute Gasteiger partial charge is 0.350 e. The van der Waals surface area contributed by atoms with Crippen LogP contribution in [0.25, 0.3) is 0 Å². The average molecular weight is 301 g/mol. The van der Waals surface area contributed by atoms with Crippen LogP contribution in [0.1, 0.15) is 37.0 Å². The molecule has 0 radical (unpaired) electrons. The zero-order valence-corrected chi connectivity index (χ0v) is 11.8. The molecule has 8 heteroatoms. The van der Waals surface area contributed by atoms with E-state index in [1.165, 1.54) is 0 Å². The SMILES string of the molecule is CCC(N)(CC)CNC(=O)c1cc(F)cc([N+](=O)[O-])c1F. The normalized spacial score (nSPS) is 11.3. The van der Waals surface area contributed by atoms with Crippen LogP contribution in [0.2, 0.25) is 0 Å². The molecule has 1 amide bonds. The molecule has 0 aliphatic heterocycles. The van der Waals surface area contributed by atoms with Crippen molar-refractivity contribution in [3.05, 3.63) is 39.4 Å². The number of rotatable bonds is 6. The first-order valence-electron chi connectivity index (χ1n) is 6.44. The van der Waals surface area contributed by atoms with E-state index >= 15 is 0 Å². The minimum Gasteiger partial charge on any atom is -0.350 e. The summed E-state index contributed by atoms with van der Waals surface area (Å²) in [6, 6.07) is 1.05. The summed E-state index contributed by atoms with van der Waals surface area (Å²) >= 11 is 0. The molecule has 0 heterocycles. The molecular formula is C13H17F2N3O3. The van der Waals surface area contributed by atoms with Crippen molar-refractivity contribution in [3.8, 4) is 0 Å². The van der Waals surface area contributed by atoms with Gasteiger partial charge in [0.1, 0.15) is 5.82 Å². The maximum absolute atomic E-state index is 13.8. The third kappa shape index (κ3) is 3.94. The van der Waals surface area contributed by atoms with Gasteiger partial charge in [0.25, 0.3) is 5.91 Å². The number of benzene rings is 1. The summed E-state index contributed by atoms with van der Waals surface area (Å²) in [5.41, 5.74) is 3.53. The molecule has 0 spiro atoms. The zero-order valence-electron chi connectivity index (χ0n) is 11.8. The Hall–Kier alpha value is -2.09. The average Bonchev–Trinajstić information content (AvgIpc) is 2.46. The van der Waals surface area contributed by atoms with Gasteiger partial charge in [-0.25, -0.2) is 4.39 Å². The van der Waals surface area contributed by atoms with Crippen LogP contribution < -0.4 is 11.1 Å². The van der Waals surface area contributed by atoms with Gasteiger partial charge in [0.2, 0.25) is 5.82 Å². The van der Waals surface area contributed by atoms with Gasteiger partial charge in [-0.1, -0.05) is 13.8 Å². The molecule has 0 aromatic heterocycles. The Labute approximate surface area is 120 Å². The molecule has 0 saturated heterocycles. The van der Waals surface area contributed by atoms with Crippen molar-refractivity contribution in [2.75, 3.05) is 6.54 Å². The van der Waals surface area contributed by atoms with Crippen LogP contribution in [-0.2, 0) is 0 Å². The highest BCUT2D eigenvalue weighted by atomic mass is 19.1. The molecule has 0 saturated carbocycles. The van der Waals surface area contributed by atoms with Crippen LogP contribution in [0.5, 0.6) is 0 Å². The molecule has 0 fully saturated rings. The summed E-state index contributed by atoms with van der Waals surface area (Å²) in [6.45, 7) is 3.73. The molecular weight excluding hydrogens is 284 g/mol. The van der Waals surface area contributed by atoms with E-state index in [1.807, 2.05) is 13.8 Å². The number of nitro groups is 1. The molecule has 21 heavy (non-hydrogen) atoms. The molecule has 1 aromatic carbocycles. The lowest BCUT2D eigenvalue weighted by molar-refractivity contribution is -0.387. The second kappa shape index (κ2) is 6.57. The monoisotopic (exact) mass is 301 g/mol. The molecule has 1 aromatic rings. The summed E-state index contributed by atoms with van der Waals surface area (Å²) in [4.78, 5) is 21.4. The van der Waals surface area contributed by atoms with E-state index in [0.29, 0.717) is 25.0 Å². The Kier molecular flexibility index (Phi) is 5.31. The van der Waals surface area contributed by atoms with E-state index in [1.54, 1.807) is 0 Å². The number of nitro benzene ring substituents is 1. The summed E-state index contributed by atoms with van der Waals surface area (Å²) in [7, 11) is 0. The highest BCUT2D eigenvalue weighted by Gasteiger charge is 2.26. The number of hydrogen-bond donors (Lipinski definition) is 2. The molecule has 0 aliphatic rings. The maximum Gasteiger partial charge on any atom is 0.308 e. The Morgan fingerprint density at radius 1 is 1.38 bits per heavy atom. The number of hydrogen-bond acceptors (Lipinski definition) is 4.